The third-order valence-electron chi connectivity index (χ3n) is 5.18. The molecule has 1 atom stereocenters. The third kappa shape index (κ3) is 7.06. The number of hydrogen-bond donors (Lipinski definition) is 2. The van der Waals surface area contributed by atoms with Crippen LogP contribution < -0.4 is 19.5 Å². The zero-order valence-electron chi connectivity index (χ0n) is 19.0. The summed E-state index contributed by atoms with van der Waals surface area (Å²) in [4.78, 5) is 13.1. The predicted molar refractivity (Wildman–Crippen MR) is 135 cm³/mol. The fourth-order valence-electron chi connectivity index (χ4n) is 3.40. The molecule has 2 N–H and O–H groups in total. The fourth-order valence-corrected chi connectivity index (χ4v) is 4.86. The Balaban J connectivity index is 1.71. The first kappa shape index (κ1) is 25.7. The lowest BCUT2D eigenvalue weighted by atomic mass is 10.1. The van der Waals surface area contributed by atoms with E-state index in [9.17, 15) is 13.2 Å². The molecule has 0 aliphatic carbocycles. The first-order valence-electron chi connectivity index (χ1n) is 10.6. The van der Waals surface area contributed by atoms with Crippen LogP contribution in [-0.4, -0.2) is 41.1 Å². The Morgan fingerprint density at radius 3 is 2.24 bits per heavy atom. The second kappa shape index (κ2) is 12.0. The molecule has 180 valence electrons. The number of benzene rings is 3. The molecule has 3 aromatic rings. The summed E-state index contributed by atoms with van der Waals surface area (Å²) in [5.41, 5.74) is 1.80. The molecule has 0 saturated carbocycles. The van der Waals surface area contributed by atoms with Crippen LogP contribution in [0.15, 0.2) is 82.2 Å². The number of carbonyl (C=O) groups is 1. The molecule has 0 spiro atoms. The SMILES string of the molecule is COc1ccc(CCNC(=O)[C@@H](Cc2ccccc2)NS(=O)(=O)c2ccc(Br)cc2)cc1OC. The molecular weight excluding hydrogens is 520 g/mol. The monoisotopic (exact) mass is 546 g/mol. The van der Waals surface area contributed by atoms with Crippen LogP contribution in [0, 0.1) is 0 Å². The summed E-state index contributed by atoms with van der Waals surface area (Å²) in [6.07, 6.45) is 0.766. The van der Waals surface area contributed by atoms with Crippen molar-refractivity contribution in [3.8, 4) is 11.5 Å². The smallest absolute Gasteiger partial charge is 0.241 e. The maximum atomic E-state index is 13.0. The molecule has 0 heterocycles. The molecule has 0 aliphatic heterocycles. The molecule has 1 amide bonds. The molecule has 0 saturated heterocycles. The van der Waals surface area contributed by atoms with Gasteiger partial charge in [-0.05, 0) is 60.4 Å². The van der Waals surface area contributed by atoms with Gasteiger partial charge < -0.3 is 14.8 Å². The van der Waals surface area contributed by atoms with E-state index in [1.807, 2.05) is 42.5 Å². The van der Waals surface area contributed by atoms with Crippen molar-refractivity contribution < 1.29 is 22.7 Å². The normalized spacial score (nSPS) is 12.1. The van der Waals surface area contributed by atoms with Gasteiger partial charge in [-0.15, -0.1) is 0 Å². The van der Waals surface area contributed by atoms with Crippen LogP contribution in [0.25, 0.3) is 0 Å². The molecular formula is C25H27BrN2O5S. The van der Waals surface area contributed by atoms with E-state index in [4.69, 9.17) is 9.47 Å². The van der Waals surface area contributed by atoms with Crippen molar-refractivity contribution in [3.63, 3.8) is 0 Å². The number of carbonyl (C=O) groups excluding carboxylic acids is 1. The highest BCUT2D eigenvalue weighted by Gasteiger charge is 2.26. The van der Waals surface area contributed by atoms with Crippen molar-refractivity contribution in [2.75, 3.05) is 20.8 Å². The molecule has 3 rings (SSSR count). The van der Waals surface area contributed by atoms with Gasteiger partial charge in [-0.25, -0.2) is 8.42 Å². The maximum Gasteiger partial charge on any atom is 0.241 e. The number of hydrogen-bond acceptors (Lipinski definition) is 5. The van der Waals surface area contributed by atoms with Crippen LogP contribution in [-0.2, 0) is 27.7 Å². The summed E-state index contributed by atoms with van der Waals surface area (Å²) in [7, 11) is -0.763. The lowest BCUT2D eigenvalue weighted by molar-refractivity contribution is -0.122. The summed E-state index contributed by atoms with van der Waals surface area (Å²) in [6.45, 7) is 0.333. The molecule has 7 nitrogen and oxygen atoms in total. The minimum atomic E-state index is -3.90. The Morgan fingerprint density at radius 2 is 1.59 bits per heavy atom. The average molecular weight is 547 g/mol. The van der Waals surface area contributed by atoms with Crippen molar-refractivity contribution in [1.29, 1.82) is 0 Å². The lowest BCUT2D eigenvalue weighted by Gasteiger charge is -2.19. The Morgan fingerprint density at radius 1 is 0.912 bits per heavy atom. The Labute approximate surface area is 208 Å². The maximum absolute atomic E-state index is 13.0. The first-order chi connectivity index (χ1) is 16.3. The van der Waals surface area contributed by atoms with Crippen molar-refractivity contribution in [3.05, 3.63) is 88.4 Å². The summed E-state index contributed by atoms with van der Waals surface area (Å²) < 4.78 is 39.8. The van der Waals surface area contributed by atoms with Gasteiger partial charge in [-0.3, -0.25) is 4.79 Å². The van der Waals surface area contributed by atoms with Crippen LogP contribution in [0.2, 0.25) is 0 Å². The second-order valence-corrected chi connectivity index (χ2v) is 10.2. The Kier molecular flexibility index (Phi) is 9.09. The van der Waals surface area contributed by atoms with Crippen molar-refractivity contribution in [2.24, 2.45) is 0 Å². The third-order valence-corrected chi connectivity index (χ3v) is 7.20. The highest BCUT2D eigenvalue weighted by molar-refractivity contribution is 9.10. The van der Waals surface area contributed by atoms with Crippen molar-refractivity contribution >= 4 is 31.9 Å². The van der Waals surface area contributed by atoms with E-state index >= 15 is 0 Å². The fraction of sp³-hybridized carbons (Fsp3) is 0.240. The number of sulfonamides is 1. The lowest BCUT2D eigenvalue weighted by Crippen LogP contribution is -2.48. The number of methoxy groups -OCH3 is 2. The van der Waals surface area contributed by atoms with Gasteiger partial charge in [0.2, 0.25) is 15.9 Å². The Hall–Kier alpha value is -2.88. The minimum absolute atomic E-state index is 0.0897. The van der Waals surface area contributed by atoms with Crippen LogP contribution in [0.4, 0.5) is 0 Å². The summed E-state index contributed by atoms with van der Waals surface area (Å²) in [6, 6.07) is 20.1. The van der Waals surface area contributed by atoms with Gasteiger partial charge >= 0.3 is 0 Å². The molecule has 0 aliphatic rings. The van der Waals surface area contributed by atoms with E-state index in [-0.39, 0.29) is 11.3 Å². The van der Waals surface area contributed by atoms with Crippen LogP contribution in [0.3, 0.4) is 0 Å². The van der Waals surface area contributed by atoms with E-state index in [2.05, 4.69) is 26.0 Å². The van der Waals surface area contributed by atoms with Gasteiger partial charge in [0.15, 0.2) is 11.5 Å². The molecule has 3 aromatic carbocycles. The molecule has 0 bridgehead atoms. The largest absolute Gasteiger partial charge is 0.493 e. The average Bonchev–Trinajstić information content (AvgIpc) is 2.84. The standard InChI is InChI=1S/C25H27BrN2O5S/c1-32-23-13-8-19(17-24(23)33-2)14-15-27-25(29)22(16-18-6-4-3-5-7-18)28-34(30,31)21-11-9-20(26)10-12-21/h3-13,17,22,28H,14-16H2,1-2H3,(H,27,29)/t22-/m1/s1. The number of halogens is 1. The first-order valence-corrected chi connectivity index (χ1v) is 12.9. The van der Waals surface area contributed by atoms with Crippen LogP contribution >= 0.6 is 15.9 Å². The van der Waals surface area contributed by atoms with Crippen molar-refractivity contribution in [1.82, 2.24) is 10.0 Å². The number of nitrogens with one attached hydrogen (secondary N) is 2. The highest BCUT2D eigenvalue weighted by Crippen LogP contribution is 2.27. The van der Waals surface area contributed by atoms with Gasteiger partial charge in [-0.2, -0.15) is 4.72 Å². The topological polar surface area (TPSA) is 93.7 Å². The van der Waals surface area contributed by atoms with Gasteiger partial charge in [0, 0.05) is 11.0 Å². The van der Waals surface area contributed by atoms with Crippen LogP contribution in [0.5, 0.6) is 11.5 Å². The number of amides is 1. The predicted octanol–water partition coefficient (Wildman–Crippen LogP) is 3.71. The van der Waals surface area contributed by atoms with Crippen molar-refractivity contribution in [2.45, 2.75) is 23.8 Å². The zero-order valence-corrected chi connectivity index (χ0v) is 21.4. The summed E-state index contributed by atoms with van der Waals surface area (Å²) in [5.74, 6) is 0.834. The number of ether oxygens (including phenoxy) is 2. The molecule has 0 fully saturated rings. The highest BCUT2D eigenvalue weighted by atomic mass is 79.9. The molecule has 34 heavy (non-hydrogen) atoms. The van der Waals surface area contributed by atoms with E-state index in [1.165, 1.54) is 12.1 Å². The minimum Gasteiger partial charge on any atom is -0.493 e. The quantitative estimate of drug-likeness (QED) is 0.382. The molecule has 0 radical (unpaired) electrons. The van der Waals surface area contributed by atoms with Gasteiger partial charge in [0.1, 0.15) is 6.04 Å². The van der Waals surface area contributed by atoms with E-state index in [0.717, 1.165) is 15.6 Å². The van der Waals surface area contributed by atoms with Gasteiger partial charge in [0.05, 0.1) is 19.1 Å². The van der Waals surface area contributed by atoms with Crippen LogP contribution in [0.1, 0.15) is 11.1 Å². The summed E-state index contributed by atoms with van der Waals surface area (Å²) >= 11 is 3.30. The molecule has 9 heteroatoms. The summed E-state index contributed by atoms with van der Waals surface area (Å²) in [5, 5.41) is 2.86. The Bertz CT molecular complexity index is 1200. The van der Waals surface area contributed by atoms with Gasteiger partial charge in [-0.1, -0.05) is 52.3 Å². The molecule has 0 unspecified atom stereocenters. The number of rotatable bonds is 11. The van der Waals surface area contributed by atoms with E-state index in [0.29, 0.717) is 24.5 Å². The van der Waals surface area contributed by atoms with Gasteiger partial charge in [0.25, 0.3) is 0 Å². The van der Waals surface area contributed by atoms with E-state index < -0.39 is 22.0 Å². The zero-order chi connectivity index (χ0) is 24.6. The second-order valence-electron chi connectivity index (χ2n) is 7.55. The molecule has 0 aromatic heterocycles. The van der Waals surface area contributed by atoms with E-state index in [1.54, 1.807) is 32.4 Å².